The molecule has 0 saturated heterocycles. The number of nitrogens with one attached hydrogen (secondary N) is 1. The number of H-pyrrole nitrogens is 1. The second kappa shape index (κ2) is 8.77. The van der Waals surface area contributed by atoms with Gasteiger partial charge in [-0.15, -0.1) is 11.3 Å². The fourth-order valence-corrected chi connectivity index (χ4v) is 3.49. The topological polar surface area (TPSA) is 103 Å². The minimum Gasteiger partial charge on any atom is -0.465 e. The molecule has 0 bridgehead atoms. The second-order valence-corrected chi connectivity index (χ2v) is 7.32. The van der Waals surface area contributed by atoms with Gasteiger partial charge in [-0.25, -0.2) is 4.79 Å². The molecule has 7 nitrogen and oxygen atoms in total. The predicted octanol–water partition coefficient (Wildman–Crippen LogP) is 3.18. The molecule has 0 aliphatic carbocycles. The molecule has 0 aliphatic rings. The zero-order valence-corrected chi connectivity index (χ0v) is 16.5. The van der Waals surface area contributed by atoms with Gasteiger partial charge in [0.15, 0.2) is 12.4 Å². The van der Waals surface area contributed by atoms with Crippen molar-refractivity contribution >= 4 is 34.8 Å². The Hall–Kier alpha value is -2.74. The van der Waals surface area contributed by atoms with Crippen LogP contribution in [0.3, 0.4) is 0 Å². The highest BCUT2D eigenvalue weighted by molar-refractivity contribution is 7.14. The van der Waals surface area contributed by atoms with E-state index in [1.54, 1.807) is 19.9 Å². The van der Waals surface area contributed by atoms with E-state index in [2.05, 4.69) is 4.98 Å². The zero-order valence-electron chi connectivity index (χ0n) is 15.6. The largest absolute Gasteiger partial charge is 0.465 e. The van der Waals surface area contributed by atoms with Crippen LogP contribution in [0.4, 0.5) is 0 Å². The molecule has 2 aromatic heterocycles. The molecule has 0 aromatic carbocycles. The van der Waals surface area contributed by atoms with Crippen LogP contribution in [-0.2, 0) is 14.3 Å². The van der Waals surface area contributed by atoms with Crippen LogP contribution in [0.1, 0.15) is 59.5 Å². The van der Waals surface area contributed by atoms with Gasteiger partial charge in [0.25, 0.3) is 0 Å². The van der Waals surface area contributed by atoms with Crippen molar-refractivity contribution in [2.24, 2.45) is 0 Å². The van der Waals surface area contributed by atoms with E-state index in [-0.39, 0.29) is 24.3 Å². The summed E-state index contributed by atoms with van der Waals surface area (Å²) in [6.45, 7) is 4.70. The van der Waals surface area contributed by atoms with Gasteiger partial charge in [0.1, 0.15) is 0 Å². The summed E-state index contributed by atoms with van der Waals surface area (Å²) >= 11 is 1.37. The van der Waals surface area contributed by atoms with E-state index in [0.29, 0.717) is 21.7 Å². The van der Waals surface area contributed by atoms with Gasteiger partial charge in [0.2, 0.25) is 5.78 Å². The second-order valence-electron chi connectivity index (χ2n) is 6.03. The number of hydrogen-bond donors (Lipinski definition) is 1. The van der Waals surface area contributed by atoms with Crippen LogP contribution in [0.15, 0.2) is 12.1 Å². The van der Waals surface area contributed by atoms with E-state index in [0.717, 1.165) is 4.88 Å². The number of ketones is 2. The van der Waals surface area contributed by atoms with E-state index < -0.39 is 24.3 Å². The maximum Gasteiger partial charge on any atom is 0.339 e. The quantitative estimate of drug-likeness (QED) is 0.548. The van der Waals surface area contributed by atoms with Crippen LogP contribution < -0.4 is 0 Å². The van der Waals surface area contributed by atoms with Crippen molar-refractivity contribution in [1.82, 2.24) is 4.98 Å². The predicted molar refractivity (Wildman–Crippen MR) is 99.5 cm³/mol. The average Bonchev–Trinajstić information content (AvgIpc) is 3.20. The van der Waals surface area contributed by atoms with Crippen molar-refractivity contribution in [2.75, 3.05) is 13.7 Å². The van der Waals surface area contributed by atoms with E-state index in [1.165, 1.54) is 18.4 Å². The Bertz CT molecular complexity index is 892. The number of aromatic amines is 1. The summed E-state index contributed by atoms with van der Waals surface area (Å²) in [5.41, 5.74) is 1.45. The number of esters is 2. The first-order chi connectivity index (χ1) is 12.7. The number of ether oxygens (including phenoxy) is 2. The van der Waals surface area contributed by atoms with E-state index in [9.17, 15) is 19.2 Å². The lowest BCUT2D eigenvalue weighted by atomic mass is 10.1. The van der Waals surface area contributed by atoms with Gasteiger partial charge >= 0.3 is 11.9 Å². The lowest BCUT2D eigenvalue weighted by Crippen LogP contribution is -2.16. The Balaban J connectivity index is 1.89. The Morgan fingerprint density at radius 1 is 1.04 bits per heavy atom. The van der Waals surface area contributed by atoms with Crippen molar-refractivity contribution in [2.45, 2.75) is 33.6 Å². The summed E-state index contributed by atoms with van der Waals surface area (Å²) < 4.78 is 9.66. The van der Waals surface area contributed by atoms with Crippen LogP contribution >= 0.6 is 11.3 Å². The first-order valence-electron chi connectivity index (χ1n) is 8.30. The Morgan fingerprint density at radius 3 is 2.33 bits per heavy atom. The molecular weight excluding hydrogens is 370 g/mol. The Kier molecular flexibility index (Phi) is 6.68. The Morgan fingerprint density at radius 2 is 1.74 bits per heavy atom. The van der Waals surface area contributed by atoms with Gasteiger partial charge in [-0.2, -0.15) is 0 Å². The van der Waals surface area contributed by atoms with Crippen molar-refractivity contribution in [3.8, 4) is 0 Å². The van der Waals surface area contributed by atoms with Gasteiger partial charge in [0.05, 0.1) is 29.7 Å². The highest BCUT2D eigenvalue weighted by Crippen LogP contribution is 2.20. The van der Waals surface area contributed by atoms with Crippen molar-refractivity contribution < 1.29 is 28.7 Å². The SMILES string of the molecule is COC(=O)c1c(C)[nH]c(C(=O)COC(=O)CCC(=O)c2ccc(C)s2)c1C. The minimum atomic E-state index is -0.626. The van der Waals surface area contributed by atoms with Gasteiger partial charge < -0.3 is 14.5 Å². The fraction of sp³-hybridized carbons (Fsp3) is 0.368. The number of hydrogen-bond acceptors (Lipinski definition) is 7. The lowest BCUT2D eigenvalue weighted by molar-refractivity contribution is -0.142. The number of rotatable bonds is 8. The summed E-state index contributed by atoms with van der Waals surface area (Å²) in [7, 11) is 1.26. The van der Waals surface area contributed by atoms with Crippen LogP contribution in [0.5, 0.6) is 0 Å². The molecule has 2 heterocycles. The third-order valence-corrected chi connectivity index (χ3v) is 5.08. The Labute approximate surface area is 160 Å². The van der Waals surface area contributed by atoms with Crippen LogP contribution in [0.25, 0.3) is 0 Å². The van der Waals surface area contributed by atoms with Crippen LogP contribution in [0.2, 0.25) is 0 Å². The fourth-order valence-electron chi connectivity index (χ4n) is 2.65. The maximum absolute atomic E-state index is 12.3. The standard InChI is InChI=1S/C19H21NO6S/c1-10-5-7-15(27-10)13(21)6-8-16(23)26-9-14(22)18-11(2)17(12(3)20-18)19(24)25-4/h5,7,20H,6,8-9H2,1-4H3. The molecule has 144 valence electrons. The van der Waals surface area contributed by atoms with Crippen molar-refractivity contribution in [3.63, 3.8) is 0 Å². The molecule has 2 aromatic rings. The summed E-state index contributed by atoms with van der Waals surface area (Å²) in [5, 5.41) is 0. The molecular formula is C19H21NO6S. The molecule has 0 saturated carbocycles. The third kappa shape index (κ3) is 4.91. The molecule has 0 aliphatic heterocycles. The number of Topliss-reactive ketones (excluding diaryl/α,β-unsaturated/α-hetero) is 2. The van der Waals surface area contributed by atoms with Crippen LogP contribution in [0, 0.1) is 20.8 Å². The van der Waals surface area contributed by atoms with Crippen molar-refractivity contribution in [1.29, 1.82) is 0 Å². The number of aromatic nitrogens is 1. The molecule has 27 heavy (non-hydrogen) atoms. The molecule has 8 heteroatoms. The number of carbonyl (C=O) groups excluding carboxylic acids is 4. The van der Waals surface area contributed by atoms with Crippen molar-refractivity contribution in [3.05, 3.63) is 44.4 Å². The first-order valence-corrected chi connectivity index (χ1v) is 9.12. The van der Waals surface area contributed by atoms with E-state index in [1.807, 2.05) is 13.0 Å². The molecule has 1 N–H and O–H groups in total. The summed E-state index contributed by atoms with van der Waals surface area (Å²) in [6.07, 6.45) is -0.0701. The first kappa shape index (κ1) is 20.6. The molecule has 0 atom stereocenters. The normalized spacial score (nSPS) is 10.5. The minimum absolute atomic E-state index is 0.0279. The van der Waals surface area contributed by atoms with Crippen LogP contribution in [-0.4, -0.2) is 42.2 Å². The number of aryl methyl sites for hydroxylation is 2. The molecule has 0 fully saturated rings. The lowest BCUT2D eigenvalue weighted by Gasteiger charge is -2.04. The highest BCUT2D eigenvalue weighted by atomic mass is 32.1. The summed E-state index contributed by atoms with van der Waals surface area (Å²) in [5.74, 6) is -1.76. The molecule has 2 rings (SSSR count). The maximum atomic E-state index is 12.3. The van der Waals surface area contributed by atoms with Gasteiger partial charge in [-0.3, -0.25) is 14.4 Å². The summed E-state index contributed by atoms with van der Waals surface area (Å²) in [6, 6.07) is 3.57. The molecule has 0 unspecified atom stereocenters. The summed E-state index contributed by atoms with van der Waals surface area (Å²) in [4.78, 5) is 52.3. The molecule has 0 radical (unpaired) electrons. The van der Waals surface area contributed by atoms with Gasteiger partial charge in [-0.05, 0) is 38.5 Å². The number of carbonyl (C=O) groups is 4. The average molecular weight is 391 g/mol. The highest BCUT2D eigenvalue weighted by Gasteiger charge is 2.23. The van der Waals surface area contributed by atoms with E-state index in [4.69, 9.17) is 9.47 Å². The molecule has 0 amide bonds. The van der Waals surface area contributed by atoms with Gasteiger partial charge in [0, 0.05) is 17.0 Å². The van der Waals surface area contributed by atoms with Gasteiger partial charge in [-0.1, -0.05) is 0 Å². The molecule has 0 spiro atoms. The zero-order chi connectivity index (χ0) is 20.1. The third-order valence-electron chi connectivity index (χ3n) is 4.04. The smallest absolute Gasteiger partial charge is 0.339 e. The van der Waals surface area contributed by atoms with E-state index >= 15 is 0 Å². The number of methoxy groups -OCH3 is 1. The number of thiophene rings is 1. The monoisotopic (exact) mass is 391 g/mol.